The van der Waals surface area contributed by atoms with Crippen molar-refractivity contribution in [2.75, 3.05) is 58.3 Å². The number of likely N-dealkylation sites (N-methyl/N-ethyl adjacent to an activating group) is 1. The number of rotatable bonds is 5. The van der Waals surface area contributed by atoms with E-state index >= 15 is 0 Å². The lowest BCUT2D eigenvalue weighted by Gasteiger charge is -2.30. The molecule has 1 aromatic rings. The summed E-state index contributed by atoms with van der Waals surface area (Å²) in [5, 5.41) is 5.82. The van der Waals surface area contributed by atoms with Crippen LogP contribution in [0.25, 0.3) is 0 Å². The Hall–Kier alpha value is -1.73. The summed E-state index contributed by atoms with van der Waals surface area (Å²) >= 11 is 0. The van der Waals surface area contributed by atoms with Crippen LogP contribution in [-0.2, 0) is 0 Å². The SMILES string of the molecule is CN(C)CCNC(=O)c1cc(N2CCNCC2)c(F)cc1F. The van der Waals surface area contributed by atoms with Crippen LogP contribution >= 0.6 is 0 Å². The summed E-state index contributed by atoms with van der Waals surface area (Å²) in [4.78, 5) is 15.8. The molecule has 0 atom stereocenters. The zero-order valence-electron chi connectivity index (χ0n) is 13.0. The van der Waals surface area contributed by atoms with E-state index in [0.717, 1.165) is 19.2 Å². The highest BCUT2D eigenvalue weighted by Crippen LogP contribution is 2.23. The summed E-state index contributed by atoms with van der Waals surface area (Å²) in [6.45, 7) is 3.79. The van der Waals surface area contributed by atoms with Crippen LogP contribution in [0.15, 0.2) is 12.1 Å². The molecule has 7 heteroatoms. The van der Waals surface area contributed by atoms with E-state index in [-0.39, 0.29) is 11.3 Å². The minimum absolute atomic E-state index is 0.117. The Balaban J connectivity index is 2.14. The van der Waals surface area contributed by atoms with Gasteiger partial charge in [0.1, 0.15) is 11.6 Å². The molecular formula is C15H22F2N4O. The second kappa shape index (κ2) is 7.51. The fraction of sp³-hybridized carbons (Fsp3) is 0.533. The first kappa shape index (κ1) is 16.6. The van der Waals surface area contributed by atoms with Crippen LogP contribution in [0, 0.1) is 11.6 Å². The van der Waals surface area contributed by atoms with Gasteiger partial charge in [-0.1, -0.05) is 0 Å². The van der Waals surface area contributed by atoms with Crippen LogP contribution < -0.4 is 15.5 Å². The first-order chi connectivity index (χ1) is 10.5. The molecule has 0 bridgehead atoms. The molecule has 0 spiro atoms. The lowest BCUT2D eigenvalue weighted by molar-refractivity contribution is 0.0947. The molecule has 1 amide bonds. The summed E-state index contributed by atoms with van der Waals surface area (Å²) in [5.74, 6) is -1.99. The predicted molar refractivity (Wildman–Crippen MR) is 82.3 cm³/mol. The second-order valence-electron chi connectivity index (χ2n) is 5.58. The van der Waals surface area contributed by atoms with Gasteiger partial charge in [0.05, 0.1) is 11.3 Å². The Bertz CT molecular complexity index is 531. The highest BCUT2D eigenvalue weighted by Gasteiger charge is 2.20. The van der Waals surface area contributed by atoms with Crippen molar-refractivity contribution in [1.29, 1.82) is 0 Å². The van der Waals surface area contributed by atoms with Crippen LogP contribution in [0.5, 0.6) is 0 Å². The summed E-state index contributed by atoms with van der Waals surface area (Å²) < 4.78 is 27.9. The number of carbonyl (C=O) groups is 1. The molecular weight excluding hydrogens is 290 g/mol. The van der Waals surface area contributed by atoms with Gasteiger partial charge in [-0.15, -0.1) is 0 Å². The fourth-order valence-corrected chi connectivity index (χ4v) is 2.35. The summed E-state index contributed by atoms with van der Waals surface area (Å²) in [7, 11) is 3.76. The van der Waals surface area contributed by atoms with Gasteiger partial charge < -0.3 is 20.4 Å². The number of hydrogen-bond donors (Lipinski definition) is 2. The average molecular weight is 312 g/mol. The van der Waals surface area contributed by atoms with Crippen molar-refractivity contribution >= 4 is 11.6 Å². The minimum atomic E-state index is -0.835. The van der Waals surface area contributed by atoms with Gasteiger partial charge in [-0.05, 0) is 20.2 Å². The van der Waals surface area contributed by atoms with E-state index in [9.17, 15) is 13.6 Å². The lowest BCUT2D eigenvalue weighted by Crippen LogP contribution is -2.44. The van der Waals surface area contributed by atoms with E-state index in [1.807, 2.05) is 23.9 Å². The number of piperazine rings is 1. The van der Waals surface area contributed by atoms with Crippen molar-refractivity contribution < 1.29 is 13.6 Å². The second-order valence-corrected chi connectivity index (χ2v) is 5.58. The smallest absolute Gasteiger partial charge is 0.254 e. The number of amides is 1. The van der Waals surface area contributed by atoms with Crippen molar-refractivity contribution in [2.45, 2.75) is 0 Å². The summed E-state index contributed by atoms with van der Waals surface area (Å²) in [6, 6.07) is 2.10. The predicted octanol–water partition coefficient (Wildman–Crippen LogP) is 0.666. The Labute approximate surface area is 129 Å². The van der Waals surface area contributed by atoms with Gasteiger partial charge in [-0.25, -0.2) is 8.78 Å². The molecule has 122 valence electrons. The molecule has 1 aromatic carbocycles. The molecule has 0 aromatic heterocycles. The van der Waals surface area contributed by atoms with E-state index in [1.54, 1.807) is 0 Å². The van der Waals surface area contributed by atoms with E-state index in [1.165, 1.54) is 6.07 Å². The number of halogens is 2. The van der Waals surface area contributed by atoms with Crippen molar-refractivity contribution in [3.63, 3.8) is 0 Å². The number of anilines is 1. The van der Waals surface area contributed by atoms with Gasteiger partial charge in [-0.2, -0.15) is 0 Å². The molecule has 0 unspecified atom stereocenters. The third kappa shape index (κ3) is 4.14. The zero-order chi connectivity index (χ0) is 16.1. The number of nitrogens with one attached hydrogen (secondary N) is 2. The Morgan fingerprint density at radius 3 is 2.59 bits per heavy atom. The topological polar surface area (TPSA) is 47.6 Å². The van der Waals surface area contributed by atoms with Gasteiger partial charge in [-0.3, -0.25) is 4.79 Å². The number of benzene rings is 1. The fourth-order valence-electron chi connectivity index (χ4n) is 2.35. The number of nitrogens with zero attached hydrogens (tertiary/aromatic N) is 2. The highest BCUT2D eigenvalue weighted by molar-refractivity contribution is 5.95. The summed E-state index contributed by atoms with van der Waals surface area (Å²) in [6.07, 6.45) is 0. The van der Waals surface area contributed by atoms with Gasteiger partial charge in [0.25, 0.3) is 5.91 Å². The molecule has 1 aliphatic heterocycles. The molecule has 0 aliphatic carbocycles. The molecule has 2 rings (SSSR count). The molecule has 22 heavy (non-hydrogen) atoms. The maximum absolute atomic E-state index is 14.0. The maximum Gasteiger partial charge on any atom is 0.254 e. The molecule has 0 radical (unpaired) electrons. The standard InChI is InChI=1S/C15H22F2N4O/c1-20(2)6-5-19-15(22)11-9-14(13(17)10-12(11)16)21-7-3-18-4-8-21/h9-10,18H,3-8H2,1-2H3,(H,19,22). The van der Waals surface area contributed by atoms with Gasteiger partial charge in [0.15, 0.2) is 0 Å². The maximum atomic E-state index is 14.0. The van der Waals surface area contributed by atoms with E-state index in [4.69, 9.17) is 0 Å². The third-order valence-electron chi connectivity index (χ3n) is 3.58. The van der Waals surface area contributed by atoms with Crippen LogP contribution in [-0.4, -0.2) is 64.2 Å². The highest BCUT2D eigenvalue weighted by atomic mass is 19.1. The minimum Gasteiger partial charge on any atom is -0.367 e. The number of carbonyl (C=O) groups excluding carboxylic acids is 1. The van der Waals surface area contributed by atoms with Gasteiger partial charge in [0.2, 0.25) is 0 Å². The van der Waals surface area contributed by atoms with Gasteiger partial charge >= 0.3 is 0 Å². The van der Waals surface area contributed by atoms with Crippen molar-refractivity contribution in [3.8, 4) is 0 Å². The zero-order valence-corrected chi connectivity index (χ0v) is 13.0. The van der Waals surface area contributed by atoms with E-state index < -0.39 is 17.5 Å². The normalized spacial score (nSPS) is 15.2. The van der Waals surface area contributed by atoms with Crippen LogP contribution in [0.4, 0.5) is 14.5 Å². The van der Waals surface area contributed by atoms with Gasteiger partial charge in [0, 0.05) is 45.3 Å². The van der Waals surface area contributed by atoms with Crippen LogP contribution in [0.3, 0.4) is 0 Å². The molecule has 1 fully saturated rings. The Morgan fingerprint density at radius 2 is 1.95 bits per heavy atom. The molecule has 5 nitrogen and oxygen atoms in total. The largest absolute Gasteiger partial charge is 0.367 e. The third-order valence-corrected chi connectivity index (χ3v) is 3.58. The first-order valence-electron chi connectivity index (χ1n) is 7.36. The Morgan fingerprint density at radius 1 is 1.27 bits per heavy atom. The first-order valence-corrected chi connectivity index (χ1v) is 7.36. The van der Waals surface area contributed by atoms with Crippen molar-refractivity contribution in [1.82, 2.24) is 15.5 Å². The van der Waals surface area contributed by atoms with Crippen molar-refractivity contribution in [3.05, 3.63) is 29.3 Å². The molecule has 2 N–H and O–H groups in total. The number of hydrogen-bond acceptors (Lipinski definition) is 4. The van der Waals surface area contributed by atoms with E-state index in [2.05, 4.69) is 10.6 Å². The molecule has 1 aliphatic rings. The monoisotopic (exact) mass is 312 g/mol. The molecule has 1 saturated heterocycles. The average Bonchev–Trinajstić information content (AvgIpc) is 2.47. The Kier molecular flexibility index (Phi) is 5.68. The van der Waals surface area contributed by atoms with Crippen LogP contribution in [0.1, 0.15) is 10.4 Å². The molecule has 1 heterocycles. The van der Waals surface area contributed by atoms with Crippen molar-refractivity contribution in [2.24, 2.45) is 0 Å². The van der Waals surface area contributed by atoms with Crippen LogP contribution in [0.2, 0.25) is 0 Å². The van der Waals surface area contributed by atoms with E-state index in [0.29, 0.717) is 26.2 Å². The quantitative estimate of drug-likeness (QED) is 0.839. The summed E-state index contributed by atoms with van der Waals surface area (Å²) in [5.41, 5.74) is 0.161. The molecule has 0 saturated carbocycles. The lowest BCUT2D eigenvalue weighted by atomic mass is 10.1.